The van der Waals surface area contributed by atoms with Crippen LogP contribution in [0.4, 0.5) is 0 Å². The Balaban J connectivity index is 3.33. The molecule has 0 bridgehead atoms. The Labute approximate surface area is 89.0 Å². The topological polar surface area (TPSA) is 18.5 Å². The Kier molecular flexibility index (Phi) is 9.42. The molecule has 86 valence electrons. The van der Waals surface area contributed by atoms with Crippen LogP contribution in [0.25, 0.3) is 0 Å². The van der Waals surface area contributed by atoms with Crippen LogP contribution in [0.5, 0.6) is 0 Å². The zero-order chi connectivity index (χ0) is 10.8. The second-order valence-corrected chi connectivity index (χ2v) is 3.95. The number of hydrogen-bond donors (Lipinski definition) is 0. The van der Waals surface area contributed by atoms with Crippen molar-refractivity contribution in [1.29, 1.82) is 0 Å². The molecule has 0 aliphatic rings. The third-order valence-corrected chi connectivity index (χ3v) is 2.06. The van der Waals surface area contributed by atoms with Crippen LogP contribution in [0.3, 0.4) is 0 Å². The molecule has 2 nitrogen and oxygen atoms in total. The summed E-state index contributed by atoms with van der Waals surface area (Å²) in [7, 11) is 0. The summed E-state index contributed by atoms with van der Waals surface area (Å²) in [6.07, 6.45) is 6.21. The van der Waals surface area contributed by atoms with Crippen molar-refractivity contribution in [2.24, 2.45) is 0 Å². The van der Waals surface area contributed by atoms with E-state index in [-0.39, 0.29) is 12.4 Å². The first-order chi connectivity index (χ1) is 6.70. The van der Waals surface area contributed by atoms with Crippen LogP contribution in [-0.2, 0) is 9.47 Å². The van der Waals surface area contributed by atoms with Gasteiger partial charge in [-0.15, -0.1) is 0 Å². The van der Waals surface area contributed by atoms with Gasteiger partial charge in [-0.1, -0.05) is 33.1 Å². The first-order valence-corrected chi connectivity index (χ1v) is 5.97. The number of hydrogen-bond acceptors (Lipinski definition) is 2. The lowest BCUT2D eigenvalue weighted by Gasteiger charge is -2.19. The van der Waals surface area contributed by atoms with Gasteiger partial charge in [0.15, 0.2) is 6.29 Å². The van der Waals surface area contributed by atoms with Crippen molar-refractivity contribution in [1.82, 2.24) is 0 Å². The van der Waals surface area contributed by atoms with E-state index in [2.05, 4.69) is 13.8 Å². The van der Waals surface area contributed by atoms with Crippen molar-refractivity contribution >= 4 is 0 Å². The Bertz CT molecular complexity index is 113. The lowest BCUT2D eigenvalue weighted by atomic mass is 10.2. The average molecular weight is 202 g/mol. The van der Waals surface area contributed by atoms with E-state index in [1.807, 2.05) is 13.8 Å². The van der Waals surface area contributed by atoms with Gasteiger partial charge in [-0.3, -0.25) is 0 Å². The summed E-state index contributed by atoms with van der Waals surface area (Å²) in [6, 6.07) is 0. The third kappa shape index (κ3) is 8.52. The Hall–Kier alpha value is -0.0800. The molecule has 0 heterocycles. The molecular formula is C12H26O2. The maximum absolute atomic E-state index is 5.63. The summed E-state index contributed by atoms with van der Waals surface area (Å²) in [4.78, 5) is 0. The normalized spacial score (nSPS) is 13.5. The van der Waals surface area contributed by atoms with Crippen molar-refractivity contribution in [2.75, 3.05) is 6.61 Å². The van der Waals surface area contributed by atoms with Crippen molar-refractivity contribution < 1.29 is 9.47 Å². The molecule has 0 fully saturated rings. The molecule has 0 amide bonds. The van der Waals surface area contributed by atoms with Gasteiger partial charge in [0, 0.05) is 6.61 Å². The van der Waals surface area contributed by atoms with Crippen LogP contribution in [0.2, 0.25) is 0 Å². The first kappa shape index (κ1) is 13.9. The van der Waals surface area contributed by atoms with E-state index >= 15 is 0 Å². The minimum atomic E-state index is -0.00312. The number of rotatable bonds is 9. The molecule has 0 saturated carbocycles. The highest BCUT2D eigenvalue weighted by Crippen LogP contribution is 2.06. The summed E-state index contributed by atoms with van der Waals surface area (Å²) in [5.41, 5.74) is 0. The fraction of sp³-hybridized carbons (Fsp3) is 1.00. The highest BCUT2D eigenvalue weighted by atomic mass is 16.7. The van der Waals surface area contributed by atoms with Crippen LogP contribution < -0.4 is 0 Å². The fourth-order valence-electron chi connectivity index (χ4n) is 1.30. The Morgan fingerprint density at radius 3 is 2.21 bits per heavy atom. The van der Waals surface area contributed by atoms with E-state index in [0.29, 0.717) is 0 Å². The van der Waals surface area contributed by atoms with E-state index < -0.39 is 0 Å². The number of ether oxygens (including phenoxy) is 2. The minimum Gasteiger partial charge on any atom is -0.353 e. The van der Waals surface area contributed by atoms with Gasteiger partial charge in [0.25, 0.3) is 0 Å². The average Bonchev–Trinajstić information content (AvgIpc) is 2.15. The van der Waals surface area contributed by atoms with E-state index in [1.54, 1.807) is 0 Å². The Morgan fingerprint density at radius 2 is 1.71 bits per heavy atom. The van der Waals surface area contributed by atoms with E-state index in [1.165, 1.54) is 19.3 Å². The summed E-state index contributed by atoms with van der Waals surface area (Å²) in [5.74, 6) is 0. The molecule has 0 saturated heterocycles. The van der Waals surface area contributed by atoms with E-state index in [4.69, 9.17) is 9.47 Å². The summed E-state index contributed by atoms with van der Waals surface area (Å²) < 4.78 is 11.2. The molecular weight excluding hydrogens is 176 g/mol. The molecule has 0 rings (SSSR count). The SMILES string of the molecule is CCCCCCOC(CC)OC(C)C. The zero-order valence-corrected chi connectivity index (χ0v) is 10.2. The molecule has 0 radical (unpaired) electrons. The van der Waals surface area contributed by atoms with Gasteiger partial charge in [-0.05, 0) is 26.7 Å². The van der Waals surface area contributed by atoms with E-state index in [9.17, 15) is 0 Å². The van der Waals surface area contributed by atoms with Crippen LogP contribution >= 0.6 is 0 Å². The predicted octanol–water partition coefficient (Wildman–Crippen LogP) is 3.74. The molecule has 0 aromatic rings. The van der Waals surface area contributed by atoms with Gasteiger partial charge in [0.1, 0.15) is 0 Å². The van der Waals surface area contributed by atoms with Crippen molar-refractivity contribution in [3.63, 3.8) is 0 Å². The second kappa shape index (κ2) is 9.47. The molecule has 0 aliphatic heterocycles. The molecule has 14 heavy (non-hydrogen) atoms. The van der Waals surface area contributed by atoms with Crippen LogP contribution in [-0.4, -0.2) is 19.0 Å². The smallest absolute Gasteiger partial charge is 0.157 e. The summed E-state index contributed by atoms with van der Waals surface area (Å²) >= 11 is 0. The van der Waals surface area contributed by atoms with Crippen LogP contribution in [0.1, 0.15) is 59.8 Å². The maximum Gasteiger partial charge on any atom is 0.157 e. The fourth-order valence-corrected chi connectivity index (χ4v) is 1.30. The molecule has 0 spiro atoms. The lowest BCUT2D eigenvalue weighted by molar-refractivity contribution is -0.164. The summed E-state index contributed by atoms with van der Waals surface area (Å²) in [6.45, 7) is 9.24. The zero-order valence-electron chi connectivity index (χ0n) is 10.2. The maximum atomic E-state index is 5.63. The quantitative estimate of drug-likeness (QED) is 0.419. The monoisotopic (exact) mass is 202 g/mol. The van der Waals surface area contributed by atoms with Crippen molar-refractivity contribution in [2.45, 2.75) is 72.2 Å². The third-order valence-electron chi connectivity index (χ3n) is 2.06. The molecule has 0 N–H and O–H groups in total. The highest BCUT2D eigenvalue weighted by Gasteiger charge is 2.07. The van der Waals surface area contributed by atoms with Crippen molar-refractivity contribution in [3.8, 4) is 0 Å². The highest BCUT2D eigenvalue weighted by molar-refractivity contribution is 4.46. The largest absolute Gasteiger partial charge is 0.353 e. The van der Waals surface area contributed by atoms with Gasteiger partial charge in [-0.2, -0.15) is 0 Å². The molecule has 1 unspecified atom stereocenters. The van der Waals surface area contributed by atoms with Gasteiger partial charge < -0.3 is 9.47 Å². The van der Waals surface area contributed by atoms with Crippen LogP contribution in [0.15, 0.2) is 0 Å². The van der Waals surface area contributed by atoms with Crippen molar-refractivity contribution in [3.05, 3.63) is 0 Å². The molecule has 2 heteroatoms. The minimum absolute atomic E-state index is 0.00312. The first-order valence-electron chi connectivity index (χ1n) is 5.97. The van der Waals surface area contributed by atoms with Gasteiger partial charge >= 0.3 is 0 Å². The molecule has 0 aromatic heterocycles. The molecule has 0 aromatic carbocycles. The van der Waals surface area contributed by atoms with Crippen LogP contribution in [0, 0.1) is 0 Å². The van der Waals surface area contributed by atoms with Gasteiger partial charge in [-0.25, -0.2) is 0 Å². The van der Waals surface area contributed by atoms with Gasteiger partial charge in [0.05, 0.1) is 6.10 Å². The molecule has 0 aliphatic carbocycles. The predicted molar refractivity (Wildman–Crippen MR) is 60.4 cm³/mol. The second-order valence-electron chi connectivity index (χ2n) is 3.95. The Morgan fingerprint density at radius 1 is 1.00 bits per heavy atom. The van der Waals surface area contributed by atoms with Gasteiger partial charge in [0.2, 0.25) is 0 Å². The number of unbranched alkanes of at least 4 members (excludes halogenated alkanes) is 3. The molecule has 1 atom stereocenters. The standard InChI is InChI=1S/C12H26O2/c1-5-7-8-9-10-13-12(6-2)14-11(3)4/h11-12H,5-10H2,1-4H3. The lowest BCUT2D eigenvalue weighted by Crippen LogP contribution is -2.20. The summed E-state index contributed by atoms with van der Waals surface area (Å²) in [5, 5.41) is 0. The van der Waals surface area contributed by atoms with E-state index in [0.717, 1.165) is 19.4 Å².